The van der Waals surface area contributed by atoms with Gasteiger partial charge in [0.15, 0.2) is 0 Å². The molecule has 1 aliphatic heterocycles. The zero-order chi connectivity index (χ0) is 10.7. The number of hydrogen-bond donors (Lipinski definition) is 1. The number of carbonyl (C=O) groups excluding carboxylic acids is 1. The highest BCUT2D eigenvalue weighted by atomic mass is 16.6. The highest BCUT2D eigenvalue weighted by Gasteiger charge is 2.24. The van der Waals surface area contributed by atoms with Crippen LogP contribution < -0.4 is 5.32 Å². The van der Waals surface area contributed by atoms with Crippen LogP contribution >= 0.6 is 0 Å². The van der Waals surface area contributed by atoms with Gasteiger partial charge < -0.3 is 14.8 Å². The number of ether oxygens (including phenoxy) is 2. The summed E-state index contributed by atoms with van der Waals surface area (Å²) in [5.74, 6) is -0.298. The van der Waals surface area contributed by atoms with E-state index in [1.54, 1.807) is 13.1 Å². The Hall–Kier alpha value is -1.55. The maximum Gasteiger partial charge on any atom is 0.340 e. The molecule has 1 saturated heterocycles. The summed E-state index contributed by atoms with van der Waals surface area (Å²) in [6.45, 7) is 1.01. The number of benzene rings is 1. The zero-order valence-electron chi connectivity index (χ0n) is 8.53. The van der Waals surface area contributed by atoms with Gasteiger partial charge in [0.25, 0.3) is 0 Å². The summed E-state index contributed by atoms with van der Waals surface area (Å²) in [6.07, 6.45) is -0.0811. The average molecular weight is 207 g/mol. The van der Waals surface area contributed by atoms with E-state index in [1.165, 1.54) is 0 Å². The summed E-state index contributed by atoms with van der Waals surface area (Å²) in [7, 11) is 1.78. The van der Waals surface area contributed by atoms with Crippen molar-refractivity contribution >= 4 is 11.7 Å². The van der Waals surface area contributed by atoms with Crippen LogP contribution in [0.25, 0.3) is 0 Å². The van der Waals surface area contributed by atoms with E-state index >= 15 is 0 Å². The maximum atomic E-state index is 11.7. The second-order valence-corrected chi connectivity index (χ2v) is 3.36. The van der Waals surface area contributed by atoms with Gasteiger partial charge in [-0.25, -0.2) is 4.79 Å². The zero-order valence-corrected chi connectivity index (χ0v) is 8.53. The molecule has 1 aromatic carbocycles. The molecule has 0 aliphatic carbocycles. The lowest BCUT2D eigenvalue weighted by molar-refractivity contribution is -0.103. The fraction of sp³-hybridized carbons (Fsp3) is 0.364. The van der Waals surface area contributed by atoms with Crippen molar-refractivity contribution in [3.05, 3.63) is 29.8 Å². The molecule has 0 atom stereocenters. The molecule has 0 unspecified atom stereocenters. The third kappa shape index (κ3) is 2.10. The molecule has 1 N–H and O–H groups in total. The van der Waals surface area contributed by atoms with Crippen molar-refractivity contribution in [2.75, 3.05) is 25.6 Å². The fourth-order valence-corrected chi connectivity index (χ4v) is 1.38. The number of nitrogens with one attached hydrogen (secondary N) is 1. The molecule has 0 spiro atoms. The minimum Gasteiger partial charge on any atom is -0.454 e. The highest BCUT2D eigenvalue weighted by molar-refractivity contribution is 5.95. The smallest absolute Gasteiger partial charge is 0.340 e. The van der Waals surface area contributed by atoms with E-state index in [4.69, 9.17) is 9.47 Å². The SMILES string of the molecule is CNc1ccccc1C(=O)OC1COC1. The minimum absolute atomic E-state index is 0.0811. The van der Waals surface area contributed by atoms with Crippen LogP contribution in [-0.2, 0) is 9.47 Å². The van der Waals surface area contributed by atoms with E-state index in [9.17, 15) is 4.79 Å². The Morgan fingerprint density at radius 2 is 2.20 bits per heavy atom. The van der Waals surface area contributed by atoms with E-state index in [0.29, 0.717) is 18.8 Å². The fourth-order valence-electron chi connectivity index (χ4n) is 1.38. The Bertz CT molecular complexity index is 361. The second kappa shape index (κ2) is 4.31. The monoisotopic (exact) mass is 207 g/mol. The van der Waals surface area contributed by atoms with Gasteiger partial charge in [-0.3, -0.25) is 0 Å². The predicted molar refractivity (Wildman–Crippen MR) is 56.0 cm³/mol. The van der Waals surface area contributed by atoms with Gasteiger partial charge in [-0.2, -0.15) is 0 Å². The molecule has 4 nitrogen and oxygen atoms in total. The first-order valence-electron chi connectivity index (χ1n) is 4.87. The van der Waals surface area contributed by atoms with Crippen molar-refractivity contribution in [3.63, 3.8) is 0 Å². The molecule has 2 rings (SSSR count). The lowest BCUT2D eigenvalue weighted by Crippen LogP contribution is -2.37. The van der Waals surface area contributed by atoms with E-state index < -0.39 is 0 Å². The Kier molecular flexibility index (Phi) is 2.87. The number of hydrogen-bond acceptors (Lipinski definition) is 4. The summed E-state index contributed by atoms with van der Waals surface area (Å²) in [6, 6.07) is 7.27. The summed E-state index contributed by atoms with van der Waals surface area (Å²) in [4.78, 5) is 11.7. The Morgan fingerprint density at radius 3 is 2.80 bits per heavy atom. The molecule has 0 radical (unpaired) electrons. The number of anilines is 1. The van der Waals surface area contributed by atoms with Crippen LogP contribution in [0, 0.1) is 0 Å². The number of carbonyl (C=O) groups is 1. The molecular weight excluding hydrogens is 194 g/mol. The van der Waals surface area contributed by atoms with Crippen LogP contribution in [0.4, 0.5) is 5.69 Å². The molecule has 0 amide bonds. The van der Waals surface area contributed by atoms with Crippen molar-refractivity contribution in [1.82, 2.24) is 0 Å². The van der Waals surface area contributed by atoms with Gasteiger partial charge in [0.1, 0.15) is 6.10 Å². The molecule has 1 heterocycles. The predicted octanol–water partition coefficient (Wildman–Crippen LogP) is 1.28. The van der Waals surface area contributed by atoms with Gasteiger partial charge >= 0.3 is 5.97 Å². The van der Waals surface area contributed by atoms with Crippen LogP contribution in [0.2, 0.25) is 0 Å². The largest absolute Gasteiger partial charge is 0.454 e. The summed E-state index contributed by atoms with van der Waals surface area (Å²) in [5, 5.41) is 2.95. The van der Waals surface area contributed by atoms with Crippen molar-refractivity contribution in [2.45, 2.75) is 6.10 Å². The van der Waals surface area contributed by atoms with E-state index in [-0.39, 0.29) is 12.1 Å². The molecule has 0 saturated carbocycles. The van der Waals surface area contributed by atoms with Gasteiger partial charge in [0.05, 0.1) is 18.8 Å². The van der Waals surface area contributed by atoms with Gasteiger partial charge in [0, 0.05) is 12.7 Å². The summed E-state index contributed by atoms with van der Waals surface area (Å²) >= 11 is 0. The quantitative estimate of drug-likeness (QED) is 0.758. The van der Waals surface area contributed by atoms with Gasteiger partial charge in [-0.1, -0.05) is 12.1 Å². The van der Waals surface area contributed by atoms with Crippen LogP contribution in [0.1, 0.15) is 10.4 Å². The van der Waals surface area contributed by atoms with Crippen LogP contribution in [0.3, 0.4) is 0 Å². The number of rotatable bonds is 3. The van der Waals surface area contributed by atoms with Crippen LogP contribution in [-0.4, -0.2) is 32.3 Å². The minimum atomic E-state index is -0.298. The van der Waals surface area contributed by atoms with Crippen molar-refractivity contribution in [3.8, 4) is 0 Å². The molecule has 0 aromatic heterocycles. The highest BCUT2D eigenvalue weighted by Crippen LogP contribution is 2.17. The summed E-state index contributed by atoms with van der Waals surface area (Å²) in [5.41, 5.74) is 1.34. The first kappa shape index (κ1) is 9.98. The van der Waals surface area contributed by atoms with Gasteiger partial charge in [-0.15, -0.1) is 0 Å². The Labute approximate surface area is 88.2 Å². The van der Waals surface area contributed by atoms with Crippen molar-refractivity contribution < 1.29 is 14.3 Å². The van der Waals surface area contributed by atoms with Gasteiger partial charge in [0.2, 0.25) is 0 Å². The number of para-hydroxylation sites is 1. The lowest BCUT2D eigenvalue weighted by atomic mass is 10.2. The standard InChI is InChI=1S/C11H13NO3/c1-12-10-5-3-2-4-9(10)11(13)15-8-6-14-7-8/h2-5,8,12H,6-7H2,1H3. The summed E-state index contributed by atoms with van der Waals surface area (Å²) < 4.78 is 10.1. The molecule has 15 heavy (non-hydrogen) atoms. The molecule has 80 valence electrons. The van der Waals surface area contributed by atoms with Crippen molar-refractivity contribution in [1.29, 1.82) is 0 Å². The number of esters is 1. The van der Waals surface area contributed by atoms with Crippen LogP contribution in [0.5, 0.6) is 0 Å². The van der Waals surface area contributed by atoms with Gasteiger partial charge in [-0.05, 0) is 12.1 Å². The molecule has 1 aliphatic rings. The topological polar surface area (TPSA) is 47.6 Å². The first-order chi connectivity index (χ1) is 7.31. The molecule has 4 heteroatoms. The third-order valence-corrected chi connectivity index (χ3v) is 2.30. The maximum absolute atomic E-state index is 11.7. The molecule has 0 bridgehead atoms. The first-order valence-corrected chi connectivity index (χ1v) is 4.87. The molecular formula is C11H13NO3. The lowest BCUT2D eigenvalue weighted by Gasteiger charge is -2.25. The van der Waals surface area contributed by atoms with Crippen LogP contribution in [0.15, 0.2) is 24.3 Å². The Balaban J connectivity index is 2.09. The van der Waals surface area contributed by atoms with Crippen molar-refractivity contribution in [2.24, 2.45) is 0 Å². The van der Waals surface area contributed by atoms with E-state index in [0.717, 1.165) is 5.69 Å². The Morgan fingerprint density at radius 1 is 1.47 bits per heavy atom. The third-order valence-electron chi connectivity index (χ3n) is 2.30. The second-order valence-electron chi connectivity index (χ2n) is 3.36. The molecule has 1 aromatic rings. The average Bonchev–Trinajstić information content (AvgIpc) is 2.23. The normalized spacial score (nSPS) is 15.5. The van der Waals surface area contributed by atoms with E-state index in [2.05, 4.69) is 5.32 Å². The molecule has 1 fully saturated rings. The van der Waals surface area contributed by atoms with E-state index in [1.807, 2.05) is 18.2 Å².